The van der Waals surface area contributed by atoms with Crippen LogP contribution in [0, 0.1) is 25.2 Å². The van der Waals surface area contributed by atoms with Gasteiger partial charge in [0.2, 0.25) is 21.7 Å². The van der Waals surface area contributed by atoms with Crippen LogP contribution in [0.2, 0.25) is 0 Å². The summed E-state index contributed by atoms with van der Waals surface area (Å²) in [6.45, 7) is 3.08. The SMILES string of the molecule is Cc1cnc2c(c1)S(=O)(=O)N(Cc1cc([C@@H](CC(=O)O)c3ccn4c(C(F)(F)F)nnc4c3C)ccc1C#N)CC1(CC1)O2. The van der Waals surface area contributed by atoms with Crippen molar-refractivity contribution in [3.8, 4) is 11.9 Å². The lowest BCUT2D eigenvalue weighted by atomic mass is 9.85. The minimum atomic E-state index is -4.75. The molecule has 0 unspecified atom stereocenters. The standard InChI is InChI=1S/C29H25F3N6O5S/c1-16-9-23-26(34-13-16)43-28(6-7-28)15-37(44(23,41)42)14-20-10-18(3-4-19(20)12-33)22(11-24(39)40)21-5-8-38-25(17(21)2)35-36-27(38)29(30,31)32/h3-5,8-10,13,22H,6-7,11,14-15H2,1-2H3,(H,39,40)/t22-/m1/s1. The molecule has 1 aromatic carbocycles. The number of hydrogen-bond donors (Lipinski definition) is 1. The highest BCUT2D eigenvalue weighted by Gasteiger charge is 2.52. The average Bonchev–Trinajstić information content (AvgIpc) is 3.57. The number of pyridine rings is 2. The van der Waals surface area contributed by atoms with Crippen molar-refractivity contribution in [2.24, 2.45) is 0 Å². The second kappa shape index (κ2) is 10.3. The van der Waals surface area contributed by atoms with E-state index in [4.69, 9.17) is 4.74 Å². The summed E-state index contributed by atoms with van der Waals surface area (Å²) in [5, 5.41) is 26.7. The molecule has 4 aromatic rings. The molecule has 228 valence electrons. The van der Waals surface area contributed by atoms with Crippen LogP contribution in [-0.2, 0) is 27.5 Å². The summed E-state index contributed by atoms with van der Waals surface area (Å²) in [4.78, 5) is 16.1. The predicted molar refractivity (Wildman–Crippen MR) is 147 cm³/mol. The highest BCUT2D eigenvalue weighted by atomic mass is 32.2. The molecule has 6 rings (SSSR count). The van der Waals surface area contributed by atoms with Gasteiger partial charge in [-0.1, -0.05) is 12.1 Å². The minimum absolute atomic E-state index is 0.0272. The molecule has 1 spiro atoms. The van der Waals surface area contributed by atoms with Crippen molar-refractivity contribution in [3.63, 3.8) is 0 Å². The van der Waals surface area contributed by atoms with E-state index in [2.05, 4.69) is 21.3 Å². The van der Waals surface area contributed by atoms with Gasteiger partial charge in [0.15, 0.2) is 5.65 Å². The molecule has 1 aliphatic carbocycles. The van der Waals surface area contributed by atoms with Crippen molar-refractivity contribution in [2.45, 2.75) is 62.2 Å². The molecule has 15 heteroatoms. The van der Waals surface area contributed by atoms with Gasteiger partial charge in [0, 0.05) is 24.9 Å². The van der Waals surface area contributed by atoms with Crippen LogP contribution in [0.15, 0.2) is 47.6 Å². The zero-order chi connectivity index (χ0) is 31.6. The molecule has 2 aliphatic rings. The zero-order valence-corrected chi connectivity index (χ0v) is 24.3. The number of sulfonamides is 1. The van der Waals surface area contributed by atoms with Crippen molar-refractivity contribution >= 4 is 21.6 Å². The summed E-state index contributed by atoms with van der Waals surface area (Å²) in [5.74, 6) is -3.21. The van der Waals surface area contributed by atoms with Crippen molar-refractivity contribution in [3.05, 3.63) is 81.9 Å². The molecule has 1 atom stereocenters. The number of nitrogens with zero attached hydrogens (tertiary/aromatic N) is 6. The fraction of sp³-hybridized carbons (Fsp3) is 0.345. The predicted octanol–water partition coefficient (Wildman–Crippen LogP) is 4.35. The van der Waals surface area contributed by atoms with Gasteiger partial charge in [-0.25, -0.2) is 13.4 Å². The maximum Gasteiger partial charge on any atom is 0.452 e. The van der Waals surface area contributed by atoms with Gasteiger partial charge in [-0.05, 0) is 72.7 Å². The second-order valence-electron chi connectivity index (χ2n) is 11.2. The molecule has 1 aliphatic heterocycles. The van der Waals surface area contributed by atoms with Gasteiger partial charge in [0.1, 0.15) is 10.5 Å². The summed E-state index contributed by atoms with van der Waals surface area (Å²) in [6, 6.07) is 9.60. The van der Waals surface area contributed by atoms with Crippen LogP contribution < -0.4 is 4.74 Å². The van der Waals surface area contributed by atoms with Gasteiger partial charge in [-0.15, -0.1) is 10.2 Å². The Hall–Kier alpha value is -4.55. The van der Waals surface area contributed by atoms with Gasteiger partial charge in [0.25, 0.3) is 0 Å². The molecular formula is C29H25F3N6O5S. The minimum Gasteiger partial charge on any atom is -0.481 e. The first-order valence-electron chi connectivity index (χ1n) is 13.5. The van der Waals surface area contributed by atoms with Crippen LogP contribution in [0.5, 0.6) is 5.88 Å². The van der Waals surface area contributed by atoms with E-state index in [-0.39, 0.29) is 35.1 Å². The normalized spacial score (nSPS) is 17.8. The maximum absolute atomic E-state index is 13.9. The Labute approximate surface area is 249 Å². The number of hydrogen-bond acceptors (Lipinski definition) is 8. The number of ether oxygens (including phenoxy) is 1. The number of carboxylic acids is 1. The third-order valence-corrected chi connectivity index (χ3v) is 9.82. The van der Waals surface area contributed by atoms with E-state index in [1.54, 1.807) is 19.1 Å². The lowest BCUT2D eigenvalue weighted by molar-refractivity contribution is -0.145. The molecule has 0 amide bonds. The van der Waals surface area contributed by atoms with E-state index in [1.807, 2.05) is 0 Å². The molecule has 0 bridgehead atoms. The van der Waals surface area contributed by atoms with Crippen LogP contribution in [0.25, 0.3) is 5.65 Å². The summed E-state index contributed by atoms with van der Waals surface area (Å²) in [5.41, 5.74) is 1.48. The molecule has 0 saturated heterocycles. The van der Waals surface area contributed by atoms with Crippen LogP contribution in [0.1, 0.15) is 64.4 Å². The number of carbonyl (C=O) groups is 1. The number of aryl methyl sites for hydroxylation is 2. The Morgan fingerprint density at radius 2 is 1.95 bits per heavy atom. The molecule has 3 aromatic heterocycles. The van der Waals surface area contributed by atoms with Crippen molar-refractivity contribution in [1.29, 1.82) is 5.26 Å². The number of fused-ring (bicyclic) bond motifs is 2. The molecule has 1 N–H and O–H groups in total. The average molecular weight is 627 g/mol. The number of aromatic nitrogens is 4. The smallest absolute Gasteiger partial charge is 0.452 e. The van der Waals surface area contributed by atoms with E-state index < -0.39 is 45.9 Å². The Balaban J connectivity index is 1.43. The van der Waals surface area contributed by atoms with Crippen LogP contribution in [-0.4, -0.2) is 55.5 Å². The highest BCUT2D eigenvalue weighted by molar-refractivity contribution is 7.89. The van der Waals surface area contributed by atoms with E-state index in [9.17, 15) is 36.8 Å². The van der Waals surface area contributed by atoms with Gasteiger partial charge >= 0.3 is 12.1 Å². The van der Waals surface area contributed by atoms with Crippen LogP contribution >= 0.6 is 0 Å². The Kier molecular flexibility index (Phi) is 6.89. The molecular weight excluding hydrogens is 601 g/mol. The summed E-state index contributed by atoms with van der Waals surface area (Å²) >= 11 is 0. The van der Waals surface area contributed by atoms with E-state index in [0.717, 1.165) is 10.6 Å². The summed E-state index contributed by atoms with van der Waals surface area (Å²) in [6.07, 6.45) is -1.25. The first-order chi connectivity index (χ1) is 20.7. The Morgan fingerprint density at radius 3 is 2.61 bits per heavy atom. The van der Waals surface area contributed by atoms with E-state index in [0.29, 0.717) is 40.7 Å². The molecule has 1 saturated carbocycles. The fourth-order valence-electron chi connectivity index (χ4n) is 5.62. The molecule has 4 heterocycles. The monoisotopic (exact) mass is 626 g/mol. The third kappa shape index (κ3) is 5.13. The lowest BCUT2D eigenvalue weighted by Gasteiger charge is -2.24. The van der Waals surface area contributed by atoms with Gasteiger partial charge in [-0.3, -0.25) is 9.20 Å². The largest absolute Gasteiger partial charge is 0.481 e. The van der Waals surface area contributed by atoms with Crippen molar-refractivity contribution in [1.82, 2.24) is 23.9 Å². The first-order valence-corrected chi connectivity index (χ1v) is 15.0. The zero-order valence-electron chi connectivity index (χ0n) is 23.5. The maximum atomic E-state index is 13.9. The lowest BCUT2D eigenvalue weighted by Crippen LogP contribution is -2.38. The van der Waals surface area contributed by atoms with Gasteiger partial charge < -0.3 is 9.84 Å². The fourth-order valence-corrected chi connectivity index (χ4v) is 7.27. The molecule has 0 radical (unpaired) electrons. The number of rotatable bonds is 6. The highest BCUT2D eigenvalue weighted by Crippen LogP contribution is 2.46. The summed E-state index contributed by atoms with van der Waals surface area (Å²) in [7, 11) is -4.11. The number of carboxylic acid groups (broad SMARTS) is 1. The number of alkyl halides is 3. The number of benzene rings is 1. The van der Waals surface area contributed by atoms with Gasteiger partial charge in [0.05, 0.1) is 24.6 Å². The third-order valence-electron chi connectivity index (χ3n) is 8.03. The van der Waals surface area contributed by atoms with Gasteiger partial charge in [-0.2, -0.15) is 22.7 Å². The van der Waals surface area contributed by atoms with Crippen molar-refractivity contribution < 1.29 is 36.2 Å². The molecule has 11 nitrogen and oxygen atoms in total. The second-order valence-corrected chi connectivity index (χ2v) is 13.1. The number of aliphatic carboxylic acids is 1. The van der Waals surface area contributed by atoms with E-state index in [1.165, 1.54) is 35.6 Å². The number of halogens is 3. The quantitative estimate of drug-likeness (QED) is 0.329. The molecule has 1 fully saturated rings. The van der Waals surface area contributed by atoms with Crippen LogP contribution in [0.4, 0.5) is 13.2 Å². The first kappa shape index (κ1) is 29.5. The Morgan fingerprint density at radius 1 is 1.20 bits per heavy atom. The van der Waals surface area contributed by atoms with Crippen LogP contribution in [0.3, 0.4) is 0 Å². The summed E-state index contributed by atoms with van der Waals surface area (Å²) < 4.78 is 76.2. The Bertz CT molecular complexity index is 1980. The van der Waals surface area contributed by atoms with Crippen molar-refractivity contribution in [2.75, 3.05) is 6.54 Å². The topological polar surface area (TPSA) is 151 Å². The van der Waals surface area contributed by atoms with E-state index >= 15 is 0 Å². The molecule has 44 heavy (non-hydrogen) atoms. The number of nitriles is 1.